The lowest BCUT2D eigenvalue weighted by molar-refractivity contribution is -0.944. The first-order valence-corrected chi connectivity index (χ1v) is 11.2. The fraction of sp³-hybridized carbons (Fsp3) is 0.682. The molecule has 0 bridgehead atoms. The SMILES string of the molecule is CC[C@]12CCCC[NH+]3[C@@H](COC(=O)c4ccc(Br)cc4)C[C@H](CCC1)[C@@H]32.[Cl-]. The summed E-state index contributed by atoms with van der Waals surface area (Å²) in [6.45, 7) is 4.26. The number of hydrogen-bond acceptors (Lipinski definition) is 2. The Bertz CT molecular complexity index is 652. The quantitative estimate of drug-likeness (QED) is 0.686. The number of benzene rings is 1. The average Bonchev–Trinajstić information content (AvgIpc) is 2.89. The summed E-state index contributed by atoms with van der Waals surface area (Å²) >= 11 is 3.42. The number of nitrogens with one attached hydrogen (secondary N) is 1. The van der Waals surface area contributed by atoms with Crippen molar-refractivity contribution in [1.29, 1.82) is 0 Å². The topological polar surface area (TPSA) is 30.7 Å². The van der Waals surface area contributed by atoms with Gasteiger partial charge in [0.2, 0.25) is 0 Å². The number of carbonyl (C=O) groups excluding carboxylic acids is 1. The van der Waals surface area contributed by atoms with Crippen LogP contribution in [-0.4, -0.2) is 31.2 Å². The lowest BCUT2D eigenvalue weighted by atomic mass is 9.63. The summed E-state index contributed by atoms with van der Waals surface area (Å²) in [6, 6.07) is 8.77. The van der Waals surface area contributed by atoms with Gasteiger partial charge in [0.1, 0.15) is 12.6 Å². The zero-order valence-corrected chi connectivity index (χ0v) is 18.5. The molecule has 1 aromatic carbocycles. The monoisotopic (exact) mass is 455 g/mol. The van der Waals surface area contributed by atoms with E-state index in [1.807, 2.05) is 24.3 Å². The van der Waals surface area contributed by atoms with Crippen LogP contribution in [0.15, 0.2) is 28.7 Å². The Morgan fingerprint density at radius 2 is 1.96 bits per heavy atom. The van der Waals surface area contributed by atoms with Crippen molar-refractivity contribution in [1.82, 2.24) is 0 Å². The van der Waals surface area contributed by atoms with E-state index >= 15 is 0 Å². The van der Waals surface area contributed by atoms with Gasteiger partial charge in [-0.05, 0) is 62.8 Å². The van der Waals surface area contributed by atoms with E-state index in [9.17, 15) is 4.79 Å². The molecule has 0 amide bonds. The van der Waals surface area contributed by atoms with Crippen LogP contribution in [0.5, 0.6) is 0 Å². The minimum Gasteiger partial charge on any atom is -1.00 e. The number of quaternary nitrogens is 1. The Balaban J connectivity index is 0.00000210. The van der Waals surface area contributed by atoms with Gasteiger partial charge in [0.25, 0.3) is 0 Å². The zero-order chi connectivity index (χ0) is 18.1. The number of esters is 1. The van der Waals surface area contributed by atoms with Gasteiger partial charge in [0.15, 0.2) is 0 Å². The van der Waals surface area contributed by atoms with Crippen LogP contribution in [0.3, 0.4) is 0 Å². The molecular weight excluding hydrogens is 426 g/mol. The minimum atomic E-state index is -0.177. The summed E-state index contributed by atoms with van der Waals surface area (Å²) in [5, 5.41) is 0. The molecule has 27 heavy (non-hydrogen) atoms. The van der Waals surface area contributed by atoms with Gasteiger partial charge in [-0.3, -0.25) is 0 Å². The van der Waals surface area contributed by atoms with Crippen LogP contribution in [-0.2, 0) is 4.74 Å². The Morgan fingerprint density at radius 1 is 1.22 bits per heavy atom. The first-order valence-electron chi connectivity index (χ1n) is 10.4. The fourth-order valence-electron chi connectivity index (χ4n) is 6.30. The molecule has 4 rings (SSSR count). The molecule has 3 aliphatic rings. The lowest BCUT2D eigenvalue weighted by Crippen LogP contribution is -3.19. The van der Waals surface area contributed by atoms with E-state index in [0.29, 0.717) is 23.6 Å². The molecule has 0 aromatic heterocycles. The number of ether oxygens (including phenoxy) is 1. The summed E-state index contributed by atoms with van der Waals surface area (Å²) in [5.41, 5.74) is 1.21. The third-order valence-electron chi connectivity index (χ3n) is 7.48. The second-order valence-corrected chi connectivity index (χ2v) is 9.58. The molecule has 2 heterocycles. The number of rotatable bonds is 4. The molecule has 1 unspecified atom stereocenters. The van der Waals surface area contributed by atoms with Crippen molar-refractivity contribution in [3.63, 3.8) is 0 Å². The van der Waals surface area contributed by atoms with Crippen molar-refractivity contribution in [2.45, 2.75) is 70.4 Å². The van der Waals surface area contributed by atoms with Crippen LogP contribution in [0.2, 0.25) is 0 Å². The molecule has 1 saturated carbocycles. The largest absolute Gasteiger partial charge is 1.00 e. The average molecular weight is 457 g/mol. The minimum absolute atomic E-state index is 0. The molecule has 5 heteroatoms. The second-order valence-electron chi connectivity index (χ2n) is 8.67. The Hall–Kier alpha value is -0.580. The van der Waals surface area contributed by atoms with Crippen molar-refractivity contribution in [3.8, 4) is 0 Å². The predicted octanol–water partition coefficient (Wildman–Crippen LogP) is 1.02. The highest BCUT2D eigenvalue weighted by Crippen LogP contribution is 2.48. The van der Waals surface area contributed by atoms with Gasteiger partial charge >= 0.3 is 5.97 Å². The van der Waals surface area contributed by atoms with Crippen LogP contribution in [0.25, 0.3) is 0 Å². The van der Waals surface area contributed by atoms with E-state index in [-0.39, 0.29) is 18.4 Å². The molecule has 150 valence electrons. The van der Waals surface area contributed by atoms with Gasteiger partial charge in [0, 0.05) is 22.2 Å². The van der Waals surface area contributed by atoms with Gasteiger partial charge in [-0.25, -0.2) is 4.79 Å². The van der Waals surface area contributed by atoms with Gasteiger partial charge in [0.05, 0.1) is 18.2 Å². The highest BCUT2D eigenvalue weighted by molar-refractivity contribution is 9.10. The summed E-state index contributed by atoms with van der Waals surface area (Å²) in [5.74, 6) is 0.663. The summed E-state index contributed by atoms with van der Waals surface area (Å²) in [4.78, 5) is 14.2. The smallest absolute Gasteiger partial charge is 0.338 e. The fourth-order valence-corrected chi connectivity index (χ4v) is 6.56. The van der Waals surface area contributed by atoms with E-state index in [4.69, 9.17) is 4.74 Å². The van der Waals surface area contributed by atoms with Gasteiger partial charge in [-0.1, -0.05) is 29.3 Å². The van der Waals surface area contributed by atoms with Gasteiger partial charge in [-0.15, -0.1) is 0 Å². The van der Waals surface area contributed by atoms with Crippen molar-refractivity contribution in [3.05, 3.63) is 34.3 Å². The zero-order valence-electron chi connectivity index (χ0n) is 16.2. The summed E-state index contributed by atoms with van der Waals surface area (Å²) in [6.07, 6.45) is 10.9. The highest BCUT2D eigenvalue weighted by atomic mass is 79.9. The van der Waals surface area contributed by atoms with E-state index in [2.05, 4.69) is 22.9 Å². The maximum atomic E-state index is 12.4. The predicted molar refractivity (Wildman–Crippen MR) is 106 cm³/mol. The molecule has 5 atom stereocenters. The molecule has 0 radical (unpaired) electrons. The Morgan fingerprint density at radius 3 is 2.70 bits per heavy atom. The molecule has 0 spiro atoms. The van der Waals surface area contributed by atoms with E-state index in [1.54, 1.807) is 4.90 Å². The van der Waals surface area contributed by atoms with Gasteiger partial charge in [-0.2, -0.15) is 0 Å². The highest BCUT2D eigenvalue weighted by Gasteiger charge is 2.57. The molecule has 1 aromatic rings. The first kappa shape index (κ1) is 21.1. The second kappa shape index (κ2) is 8.84. The van der Waals surface area contributed by atoms with E-state index in [1.165, 1.54) is 57.9 Å². The first-order chi connectivity index (χ1) is 12.6. The van der Waals surface area contributed by atoms with Crippen LogP contribution in [0.4, 0.5) is 0 Å². The molecule has 2 aliphatic heterocycles. The molecular formula is C22H31BrClNO2. The Labute approximate surface area is 177 Å². The maximum absolute atomic E-state index is 12.4. The van der Waals surface area contributed by atoms with E-state index in [0.717, 1.165) is 16.4 Å². The summed E-state index contributed by atoms with van der Waals surface area (Å²) in [7, 11) is 0. The van der Waals surface area contributed by atoms with Crippen molar-refractivity contribution < 1.29 is 26.8 Å². The molecule has 1 N–H and O–H groups in total. The van der Waals surface area contributed by atoms with Crippen molar-refractivity contribution in [2.75, 3.05) is 13.2 Å². The molecule has 3 nitrogen and oxygen atoms in total. The number of halogens is 2. The third kappa shape index (κ3) is 4.09. The van der Waals surface area contributed by atoms with Crippen LogP contribution in [0, 0.1) is 11.3 Å². The molecule has 2 saturated heterocycles. The number of hydrogen-bond donors (Lipinski definition) is 1. The van der Waals surface area contributed by atoms with Crippen molar-refractivity contribution in [2.24, 2.45) is 11.3 Å². The standard InChI is InChI=1S/C22H30BrNO2.ClH/c1-2-22-11-3-4-13-24-19(14-17(20(22)24)6-5-12-22)15-26-21(25)16-7-9-18(23)10-8-16;/h7-10,17,19-20H,2-6,11-15H2,1H3;1H/t17-,19+,20+,22-;/m0./s1. The Kier molecular flexibility index (Phi) is 6.92. The van der Waals surface area contributed by atoms with Crippen molar-refractivity contribution >= 4 is 21.9 Å². The van der Waals surface area contributed by atoms with Crippen LogP contribution >= 0.6 is 15.9 Å². The molecule has 1 aliphatic carbocycles. The lowest BCUT2D eigenvalue weighted by Gasteiger charge is -2.45. The third-order valence-corrected chi connectivity index (χ3v) is 8.01. The van der Waals surface area contributed by atoms with E-state index < -0.39 is 0 Å². The van der Waals surface area contributed by atoms with Crippen LogP contribution < -0.4 is 17.3 Å². The van der Waals surface area contributed by atoms with Gasteiger partial charge < -0.3 is 22.0 Å². The van der Waals surface area contributed by atoms with Crippen LogP contribution in [0.1, 0.15) is 68.6 Å². The maximum Gasteiger partial charge on any atom is 0.338 e. The normalized spacial score (nSPS) is 34.9. The molecule has 3 fully saturated rings. The summed E-state index contributed by atoms with van der Waals surface area (Å²) < 4.78 is 6.77. The number of carbonyl (C=O) groups is 1.